The number of amides is 1. The van der Waals surface area contributed by atoms with Gasteiger partial charge in [0.25, 0.3) is 5.91 Å². The molecule has 3 N–H and O–H groups in total. The Hall–Kier alpha value is -2.56. The van der Waals surface area contributed by atoms with Gasteiger partial charge in [0.2, 0.25) is 5.96 Å². The number of benzene rings is 1. The predicted molar refractivity (Wildman–Crippen MR) is 68.6 cm³/mol. The summed E-state index contributed by atoms with van der Waals surface area (Å²) >= 11 is 0. The number of nitrogens with one attached hydrogen (secondary N) is 1. The highest BCUT2D eigenvalue weighted by Gasteiger charge is 2.09. The molecule has 1 heterocycles. The molecule has 0 aliphatic rings. The van der Waals surface area contributed by atoms with Gasteiger partial charge in [-0.2, -0.15) is 0 Å². The van der Waals surface area contributed by atoms with Crippen molar-refractivity contribution in [2.24, 2.45) is 10.7 Å². The number of aliphatic imine (C=N–C) groups is 1. The molecule has 2 aromatic rings. The van der Waals surface area contributed by atoms with E-state index in [-0.39, 0.29) is 11.7 Å². The molecule has 0 aliphatic heterocycles. The van der Waals surface area contributed by atoms with Crippen molar-refractivity contribution >= 4 is 17.6 Å². The highest BCUT2D eigenvalue weighted by molar-refractivity contribution is 6.04. The lowest BCUT2D eigenvalue weighted by Gasteiger charge is -2.02. The van der Waals surface area contributed by atoms with E-state index in [4.69, 9.17) is 10.2 Å². The number of aryl methyl sites for hydroxylation is 1. The second-order valence-corrected chi connectivity index (χ2v) is 3.77. The van der Waals surface area contributed by atoms with Gasteiger partial charge in [0.05, 0.1) is 12.0 Å². The minimum Gasteiger partial charge on any atom is -0.459 e. The molecule has 0 saturated carbocycles. The average Bonchev–Trinajstić information content (AvgIpc) is 2.81. The van der Waals surface area contributed by atoms with Gasteiger partial charge in [0, 0.05) is 0 Å². The Balaban J connectivity index is 2.08. The Morgan fingerprint density at radius 1 is 1.33 bits per heavy atom. The van der Waals surface area contributed by atoms with Crippen molar-refractivity contribution in [2.45, 2.75) is 6.92 Å². The molecule has 0 saturated heterocycles. The van der Waals surface area contributed by atoms with E-state index in [0.29, 0.717) is 5.69 Å². The lowest BCUT2D eigenvalue weighted by Crippen LogP contribution is -2.36. The van der Waals surface area contributed by atoms with Crippen LogP contribution in [0.1, 0.15) is 16.1 Å². The molecular weight excluding hydrogens is 230 g/mol. The van der Waals surface area contributed by atoms with Gasteiger partial charge >= 0.3 is 0 Å². The van der Waals surface area contributed by atoms with Gasteiger partial charge in [-0.05, 0) is 36.8 Å². The molecule has 92 valence electrons. The smallest absolute Gasteiger partial charge is 0.293 e. The molecule has 1 aromatic heterocycles. The maximum atomic E-state index is 11.6. The number of guanidine groups is 1. The zero-order valence-corrected chi connectivity index (χ0v) is 9.88. The monoisotopic (exact) mass is 243 g/mol. The fourth-order valence-electron chi connectivity index (χ4n) is 1.45. The van der Waals surface area contributed by atoms with Crippen molar-refractivity contribution in [2.75, 3.05) is 0 Å². The van der Waals surface area contributed by atoms with Crippen LogP contribution in [0.15, 0.2) is 52.1 Å². The topological polar surface area (TPSA) is 80.6 Å². The van der Waals surface area contributed by atoms with Crippen molar-refractivity contribution in [3.8, 4) is 0 Å². The maximum Gasteiger partial charge on any atom is 0.293 e. The number of carbonyl (C=O) groups excluding carboxylic acids is 1. The van der Waals surface area contributed by atoms with Crippen molar-refractivity contribution in [3.05, 3.63) is 54.0 Å². The molecule has 1 amide bonds. The molecule has 1 aromatic carbocycles. The number of hydrogen-bond donors (Lipinski definition) is 2. The summed E-state index contributed by atoms with van der Waals surface area (Å²) in [5.41, 5.74) is 7.40. The third kappa shape index (κ3) is 2.98. The molecule has 0 radical (unpaired) electrons. The summed E-state index contributed by atoms with van der Waals surface area (Å²) in [7, 11) is 0. The first-order valence-corrected chi connectivity index (χ1v) is 5.41. The van der Waals surface area contributed by atoms with Crippen LogP contribution < -0.4 is 11.1 Å². The zero-order chi connectivity index (χ0) is 13.0. The Bertz CT molecular complexity index is 574. The Morgan fingerprint density at radius 3 is 2.83 bits per heavy atom. The summed E-state index contributed by atoms with van der Waals surface area (Å²) in [4.78, 5) is 15.7. The lowest BCUT2D eigenvalue weighted by molar-refractivity contribution is 0.0949. The van der Waals surface area contributed by atoms with Crippen LogP contribution in [-0.4, -0.2) is 11.9 Å². The van der Waals surface area contributed by atoms with E-state index >= 15 is 0 Å². The molecule has 5 nitrogen and oxygen atoms in total. The quantitative estimate of drug-likeness (QED) is 0.625. The van der Waals surface area contributed by atoms with E-state index in [1.807, 2.05) is 25.1 Å². The molecule has 0 atom stereocenters. The van der Waals surface area contributed by atoms with Gasteiger partial charge < -0.3 is 10.2 Å². The first-order valence-electron chi connectivity index (χ1n) is 5.41. The van der Waals surface area contributed by atoms with E-state index in [1.54, 1.807) is 18.2 Å². The molecule has 5 heteroatoms. The summed E-state index contributed by atoms with van der Waals surface area (Å²) in [6.45, 7) is 1.96. The average molecular weight is 243 g/mol. The number of nitrogens with two attached hydrogens (primary N) is 1. The molecular formula is C13H13N3O2. The van der Waals surface area contributed by atoms with E-state index in [1.165, 1.54) is 6.26 Å². The number of furan rings is 1. The van der Waals surface area contributed by atoms with Gasteiger partial charge in [-0.25, -0.2) is 4.99 Å². The van der Waals surface area contributed by atoms with E-state index < -0.39 is 5.91 Å². The Morgan fingerprint density at radius 2 is 2.17 bits per heavy atom. The standard InChI is InChI=1S/C13H13N3O2/c1-9-4-2-5-10(8-9)15-13(14)16-12(17)11-6-3-7-18-11/h2-8H,1H3,(H3,14,15,16,17). The Kier molecular flexibility index (Phi) is 3.43. The Labute approximate surface area is 104 Å². The van der Waals surface area contributed by atoms with Crippen LogP contribution in [0.5, 0.6) is 0 Å². The lowest BCUT2D eigenvalue weighted by atomic mass is 10.2. The molecule has 0 unspecified atom stereocenters. The summed E-state index contributed by atoms with van der Waals surface area (Å²) < 4.78 is 4.94. The van der Waals surface area contributed by atoms with Crippen LogP contribution in [-0.2, 0) is 0 Å². The third-order valence-electron chi connectivity index (χ3n) is 2.24. The van der Waals surface area contributed by atoms with Crippen LogP contribution in [0.25, 0.3) is 0 Å². The first kappa shape index (κ1) is 11.9. The van der Waals surface area contributed by atoms with Gasteiger partial charge in [-0.1, -0.05) is 12.1 Å². The molecule has 0 fully saturated rings. The minimum absolute atomic E-state index is 0.0296. The number of hydrogen-bond acceptors (Lipinski definition) is 3. The minimum atomic E-state index is -0.422. The largest absolute Gasteiger partial charge is 0.459 e. The predicted octanol–water partition coefficient (Wildman–Crippen LogP) is 1.96. The summed E-state index contributed by atoms with van der Waals surface area (Å²) in [6, 6.07) is 10.7. The molecule has 0 aliphatic carbocycles. The summed E-state index contributed by atoms with van der Waals surface area (Å²) in [5, 5.41) is 2.45. The van der Waals surface area contributed by atoms with Crippen LogP contribution >= 0.6 is 0 Å². The fraction of sp³-hybridized carbons (Fsp3) is 0.0769. The second kappa shape index (κ2) is 5.18. The highest BCUT2D eigenvalue weighted by Crippen LogP contribution is 2.12. The van der Waals surface area contributed by atoms with Crippen LogP contribution in [0.2, 0.25) is 0 Å². The maximum absolute atomic E-state index is 11.6. The van der Waals surface area contributed by atoms with E-state index in [2.05, 4.69) is 10.3 Å². The number of rotatable bonds is 2. The fourth-order valence-corrected chi connectivity index (χ4v) is 1.45. The van der Waals surface area contributed by atoms with Gasteiger partial charge in [0.1, 0.15) is 0 Å². The molecule has 0 spiro atoms. The van der Waals surface area contributed by atoms with E-state index in [9.17, 15) is 4.79 Å². The number of nitrogens with zero attached hydrogens (tertiary/aromatic N) is 1. The summed E-state index contributed by atoms with van der Waals surface area (Å²) in [6.07, 6.45) is 1.42. The van der Waals surface area contributed by atoms with Crippen molar-refractivity contribution in [3.63, 3.8) is 0 Å². The van der Waals surface area contributed by atoms with Crippen LogP contribution in [0, 0.1) is 6.92 Å². The van der Waals surface area contributed by atoms with Gasteiger partial charge in [-0.15, -0.1) is 0 Å². The van der Waals surface area contributed by atoms with E-state index in [0.717, 1.165) is 5.56 Å². The zero-order valence-electron chi connectivity index (χ0n) is 9.88. The second-order valence-electron chi connectivity index (χ2n) is 3.77. The number of carbonyl (C=O) groups is 1. The third-order valence-corrected chi connectivity index (χ3v) is 2.24. The molecule has 2 rings (SSSR count). The van der Waals surface area contributed by atoms with Gasteiger partial charge in [0.15, 0.2) is 5.76 Å². The van der Waals surface area contributed by atoms with Crippen molar-refractivity contribution < 1.29 is 9.21 Å². The first-order chi connectivity index (χ1) is 8.65. The summed E-state index contributed by atoms with van der Waals surface area (Å²) in [5.74, 6) is -0.201. The SMILES string of the molecule is Cc1cccc(N=C(N)NC(=O)c2ccco2)c1. The van der Waals surface area contributed by atoms with Crippen LogP contribution in [0.4, 0.5) is 5.69 Å². The molecule has 18 heavy (non-hydrogen) atoms. The van der Waals surface area contributed by atoms with Crippen molar-refractivity contribution in [1.29, 1.82) is 0 Å². The molecule has 0 bridgehead atoms. The highest BCUT2D eigenvalue weighted by atomic mass is 16.3. The van der Waals surface area contributed by atoms with Crippen molar-refractivity contribution in [1.82, 2.24) is 5.32 Å². The normalized spacial score (nSPS) is 11.3. The van der Waals surface area contributed by atoms with Gasteiger partial charge in [-0.3, -0.25) is 10.1 Å². The van der Waals surface area contributed by atoms with Crippen LogP contribution in [0.3, 0.4) is 0 Å².